The van der Waals surface area contributed by atoms with Gasteiger partial charge < -0.3 is 5.73 Å². The lowest BCUT2D eigenvalue weighted by Gasteiger charge is -2.09. The minimum atomic E-state index is -3.56. The fourth-order valence-electron chi connectivity index (χ4n) is 2.10. The normalized spacial score (nSPS) is 11.7. The quantitative estimate of drug-likeness (QED) is 0.556. The van der Waals surface area contributed by atoms with Crippen molar-refractivity contribution in [1.29, 1.82) is 0 Å². The van der Waals surface area contributed by atoms with E-state index in [1.807, 2.05) is 13.8 Å². The Morgan fingerprint density at radius 3 is 2.71 bits per heavy atom. The molecular weight excluding hydrogens is 288 g/mol. The van der Waals surface area contributed by atoms with Crippen LogP contribution in [0.3, 0.4) is 0 Å². The first-order valence-corrected chi connectivity index (χ1v) is 8.23. The topological polar surface area (TPSA) is 101 Å². The zero-order valence-corrected chi connectivity index (χ0v) is 13.0. The maximum Gasteiger partial charge on any atom is 0.242 e. The molecular formula is C14H20N4O2S. The average Bonchev–Trinajstić information content (AvgIpc) is 2.80. The van der Waals surface area contributed by atoms with Gasteiger partial charge in [0.2, 0.25) is 10.0 Å². The fraction of sp³-hybridized carbons (Fsp3) is 0.357. The third-order valence-corrected chi connectivity index (χ3v) is 4.84. The number of nitrogen functional groups attached to an aromatic ring is 1. The van der Waals surface area contributed by atoms with Crippen molar-refractivity contribution in [3.05, 3.63) is 41.2 Å². The van der Waals surface area contributed by atoms with Gasteiger partial charge in [0.25, 0.3) is 0 Å². The van der Waals surface area contributed by atoms with Crippen molar-refractivity contribution in [1.82, 2.24) is 14.9 Å². The standard InChI is InChI=1S/C14H20N4O2S/c1-10-5-6-14(13(15)8-10)21(19,20)17-7-3-4-12-9-16-18-11(12)2/h5-6,8-9,17H,3-4,7,15H2,1-2H3,(H,16,18). The van der Waals surface area contributed by atoms with Crippen LogP contribution in [0.5, 0.6) is 0 Å². The van der Waals surface area contributed by atoms with E-state index in [9.17, 15) is 8.42 Å². The molecule has 0 spiro atoms. The van der Waals surface area contributed by atoms with Gasteiger partial charge in [-0.1, -0.05) is 6.07 Å². The molecule has 2 aromatic rings. The van der Waals surface area contributed by atoms with Crippen LogP contribution in [-0.2, 0) is 16.4 Å². The summed E-state index contributed by atoms with van der Waals surface area (Å²) >= 11 is 0. The number of benzene rings is 1. The highest BCUT2D eigenvalue weighted by Gasteiger charge is 2.16. The molecule has 114 valence electrons. The Kier molecular flexibility index (Phi) is 4.64. The maximum atomic E-state index is 12.2. The van der Waals surface area contributed by atoms with Crippen molar-refractivity contribution in [3.8, 4) is 0 Å². The van der Waals surface area contributed by atoms with Gasteiger partial charge in [-0.3, -0.25) is 5.10 Å². The van der Waals surface area contributed by atoms with Crippen LogP contribution in [0.1, 0.15) is 23.2 Å². The number of hydrogen-bond donors (Lipinski definition) is 3. The molecule has 6 nitrogen and oxygen atoms in total. The van der Waals surface area contributed by atoms with Crippen molar-refractivity contribution >= 4 is 15.7 Å². The van der Waals surface area contributed by atoms with Crippen LogP contribution in [0, 0.1) is 13.8 Å². The molecule has 1 aromatic carbocycles. The zero-order chi connectivity index (χ0) is 15.5. The van der Waals surface area contributed by atoms with Crippen molar-refractivity contribution in [2.75, 3.05) is 12.3 Å². The van der Waals surface area contributed by atoms with E-state index in [1.165, 1.54) is 6.07 Å². The molecule has 0 saturated carbocycles. The summed E-state index contributed by atoms with van der Waals surface area (Å²) in [6, 6.07) is 4.93. The van der Waals surface area contributed by atoms with Gasteiger partial charge in [0, 0.05) is 12.2 Å². The Morgan fingerprint density at radius 1 is 1.33 bits per heavy atom. The second kappa shape index (κ2) is 6.28. The van der Waals surface area contributed by atoms with Crippen LogP contribution in [0.25, 0.3) is 0 Å². The fourth-order valence-corrected chi connectivity index (χ4v) is 3.29. The third kappa shape index (κ3) is 3.83. The van der Waals surface area contributed by atoms with Crippen LogP contribution < -0.4 is 10.5 Å². The highest BCUT2D eigenvalue weighted by Crippen LogP contribution is 2.19. The van der Waals surface area contributed by atoms with E-state index in [1.54, 1.807) is 18.3 Å². The van der Waals surface area contributed by atoms with Crippen LogP contribution in [0.4, 0.5) is 5.69 Å². The van der Waals surface area contributed by atoms with E-state index >= 15 is 0 Å². The third-order valence-electron chi connectivity index (χ3n) is 3.30. The predicted molar refractivity (Wildman–Crippen MR) is 82.4 cm³/mol. The van der Waals surface area contributed by atoms with E-state index < -0.39 is 10.0 Å². The Hall–Kier alpha value is -1.86. The summed E-state index contributed by atoms with van der Waals surface area (Å²) in [6.07, 6.45) is 3.24. The molecule has 2 rings (SSSR count). The second-order valence-electron chi connectivity index (χ2n) is 5.06. The van der Waals surface area contributed by atoms with Gasteiger partial charge in [-0.25, -0.2) is 13.1 Å². The van der Waals surface area contributed by atoms with Gasteiger partial charge >= 0.3 is 0 Å². The largest absolute Gasteiger partial charge is 0.398 e. The number of nitrogens with two attached hydrogens (primary N) is 1. The van der Waals surface area contributed by atoms with E-state index in [4.69, 9.17) is 5.73 Å². The van der Waals surface area contributed by atoms with Gasteiger partial charge in [0.15, 0.2) is 0 Å². The number of aromatic amines is 1. The van der Waals surface area contributed by atoms with E-state index in [2.05, 4.69) is 14.9 Å². The molecule has 0 amide bonds. The van der Waals surface area contributed by atoms with Gasteiger partial charge in [0.1, 0.15) is 4.90 Å². The van der Waals surface area contributed by atoms with Crippen LogP contribution >= 0.6 is 0 Å². The lowest BCUT2D eigenvalue weighted by atomic mass is 10.1. The van der Waals surface area contributed by atoms with Gasteiger partial charge in [-0.05, 0) is 49.9 Å². The molecule has 4 N–H and O–H groups in total. The number of anilines is 1. The molecule has 0 atom stereocenters. The van der Waals surface area contributed by atoms with Gasteiger partial charge in [-0.15, -0.1) is 0 Å². The maximum absolute atomic E-state index is 12.2. The monoisotopic (exact) mass is 308 g/mol. The molecule has 1 heterocycles. The summed E-state index contributed by atoms with van der Waals surface area (Å²) in [7, 11) is -3.56. The number of nitrogens with zero attached hydrogens (tertiary/aromatic N) is 1. The molecule has 0 bridgehead atoms. The van der Waals surface area contributed by atoms with E-state index in [0.717, 1.165) is 23.2 Å². The summed E-state index contributed by atoms with van der Waals surface area (Å²) in [4.78, 5) is 0.132. The molecule has 21 heavy (non-hydrogen) atoms. The molecule has 1 aromatic heterocycles. The molecule has 0 fully saturated rings. The summed E-state index contributed by atoms with van der Waals surface area (Å²) in [5, 5.41) is 6.80. The summed E-state index contributed by atoms with van der Waals surface area (Å²) < 4.78 is 26.9. The average molecular weight is 308 g/mol. The Morgan fingerprint density at radius 2 is 2.10 bits per heavy atom. The van der Waals surface area contributed by atoms with Gasteiger partial charge in [-0.2, -0.15) is 5.10 Å². The number of sulfonamides is 1. The van der Waals surface area contributed by atoms with Crippen molar-refractivity contribution < 1.29 is 8.42 Å². The number of aromatic nitrogens is 2. The number of nitrogens with one attached hydrogen (secondary N) is 2. The number of rotatable bonds is 6. The van der Waals surface area contributed by atoms with Crippen LogP contribution in [0.2, 0.25) is 0 Å². The molecule has 0 saturated heterocycles. The first kappa shape index (κ1) is 15.5. The van der Waals surface area contributed by atoms with Crippen molar-refractivity contribution in [3.63, 3.8) is 0 Å². The van der Waals surface area contributed by atoms with Crippen molar-refractivity contribution in [2.45, 2.75) is 31.6 Å². The number of hydrogen-bond acceptors (Lipinski definition) is 4. The first-order valence-electron chi connectivity index (χ1n) is 6.75. The van der Waals surface area contributed by atoms with Crippen LogP contribution in [0.15, 0.2) is 29.3 Å². The summed E-state index contributed by atoms with van der Waals surface area (Å²) in [5.74, 6) is 0. The van der Waals surface area contributed by atoms with Crippen molar-refractivity contribution in [2.24, 2.45) is 0 Å². The van der Waals surface area contributed by atoms with Gasteiger partial charge in [0.05, 0.1) is 11.9 Å². The smallest absolute Gasteiger partial charge is 0.242 e. The zero-order valence-electron chi connectivity index (χ0n) is 12.2. The highest BCUT2D eigenvalue weighted by atomic mass is 32.2. The molecule has 7 heteroatoms. The number of aryl methyl sites for hydroxylation is 3. The Balaban J connectivity index is 1.94. The molecule has 0 radical (unpaired) electrons. The summed E-state index contributed by atoms with van der Waals surface area (Å²) in [6.45, 7) is 4.17. The minimum Gasteiger partial charge on any atom is -0.398 e. The van der Waals surface area contributed by atoms with E-state index in [-0.39, 0.29) is 10.6 Å². The lowest BCUT2D eigenvalue weighted by molar-refractivity contribution is 0.579. The minimum absolute atomic E-state index is 0.132. The Labute approximate surface area is 124 Å². The summed E-state index contributed by atoms with van der Waals surface area (Å²) in [5.41, 5.74) is 9.10. The molecule has 0 aliphatic carbocycles. The molecule has 0 unspecified atom stereocenters. The Bertz CT molecular complexity index is 722. The molecule has 0 aliphatic rings. The van der Waals surface area contributed by atoms with E-state index in [0.29, 0.717) is 13.0 Å². The lowest BCUT2D eigenvalue weighted by Crippen LogP contribution is -2.26. The molecule has 0 aliphatic heterocycles. The first-order chi connectivity index (χ1) is 9.90. The number of H-pyrrole nitrogens is 1. The highest BCUT2D eigenvalue weighted by molar-refractivity contribution is 7.89. The predicted octanol–water partition coefficient (Wildman–Crippen LogP) is 1.52. The SMILES string of the molecule is Cc1ccc(S(=O)(=O)NCCCc2cn[nH]c2C)c(N)c1. The van der Waals surface area contributed by atoms with Crippen LogP contribution in [-0.4, -0.2) is 25.2 Å². The second-order valence-corrected chi connectivity index (χ2v) is 6.80.